The molecule has 0 amide bonds. The summed E-state index contributed by atoms with van der Waals surface area (Å²) in [5, 5.41) is 0.745. The van der Waals surface area contributed by atoms with E-state index in [2.05, 4.69) is 9.55 Å². The van der Waals surface area contributed by atoms with Gasteiger partial charge in [-0.1, -0.05) is 17.7 Å². The van der Waals surface area contributed by atoms with Crippen LogP contribution in [-0.2, 0) is 11.3 Å². The zero-order valence-electron chi connectivity index (χ0n) is 10.7. The van der Waals surface area contributed by atoms with E-state index in [4.69, 9.17) is 28.6 Å². The maximum absolute atomic E-state index is 6.28. The number of hydrogen-bond donors (Lipinski definition) is 1. The van der Waals surface area contributed by atoms with Crippen molar-refractivity contribution < 1.29 is 4.74 Å². The Labute approximate surface area is 122 Å². The van der Waals surface area contributed by atoms with Gasteiger partial charge in [-0.2, -0.15) is 0 Å². The van der Waals surface area contributed by atoms with Gasteiger partial charge in [0, 0.05) is 13.2 Å². The number of nitrogens with one attached hydrogen (secondary N) is 1. The van der Waals surface area contributed by atoms with Crippen molar-refractivity contribution in [1.82, 2.24) is 9.55 Å². The van der Waals surface area contributed by atoms with Crippen molar-refractivity contribution in [1.29, 1.82) is 0 Å². The lowest BCUT2D eigenvalue weighted by molar-refractivity contribution is 0.00892. The SMILES string of the molecule is S=c1[nH]c2cccc(Cl)c2n1CCC1CCCCO1. The molecule has 1 aliphatic rings. The normalized spacial score (nSPS) is 19.9. The van der Waals surface area contributed by atoms with Gasteiger partial charge in [-0.05, 0) is 50.0 Å². The maximum Gasteiger partial charge on any atom is 0.178 e. The maximum atomic E-state index is 6.28. The van der Waals surface area contributed by atoms with E-state index in [-0.39, 0.29) is 0 Å². The monoisotopic (exact) mass is 296 g/mol. The van der Waals surface area contributed by atoms with Crippen molar-refractivity contribution in [2.75, 3.05) is 6.61 Å². The van der Waals surface area contributed by atoms with Crippen LogP contribution in [0.25, 0.3) is 11.0 Å². The zero-order chi connectivity index (χ0) is 13.2. The summed E-state index contributed by atoms with van der Waals surface area (Å²) in [5.41, 5.74) is 2.01. The van der Waals surface area contributed by atoms with Crippen LogP contribution >= 0.6 is 23.8 Å². The minimum atomic E-state index is 0.364. The second-order valence-corrected chi connectivity index (χ2v) is 5.79. The minimum absolute atomic E-state index is 0.364. The lowest BCUT2D eigenvalue weighted by atomic mass is 10.1. The Kier molecular flexibility index (Phi) is 3.91. The van der Waals surface area contributed by atoms with Gasteiger partial charge in [-0.15, -0.1) is 0 Å². The molecule has 0 radical (unpaired) electrons. The number of benzene rings is 1. The van der Waals surface area contributed by atoms with Crippen LogP contribution in [0.5, 0.6) is 0 Å². The Morgan fingerprint density at radius 2 is 2.32 bits per heavy atom. The molecule has 1 atom stereocenters. The van der Waals surface area contributed by atoms with Gasteiger partial charge in [0.15, 0.2) is 4.77 Å². The minimum Gasteiger partial charge on any atom is -0.378 e. The molecule has 2 heterocycles. The molecule has 102 valence electrons. The summed E-state index contributed by atoms with van der Waals surface area (Å²) >= 11 is 11.7. The largest absolute Gasteiger partial charge is 0.378 e. The van der Waals surface area contributed by atoms with Crippen LogP contribution in [0.3, 0.4) is 0 Å². The Balaban J connectivity index is 1.84. The fraction of sp³-hybridized carbons (Fsp3) is 0.500. The molecule has 1 aromatic carbocycles. The average molecular weight is 297 g/mol. The first-order chi connectivity index (χ1) is 9.25. The molecule has 0 bridgehead atoms. The van der Waals surface area contributed by atoms with Crippen LogP contribution in [0.15, 0.2) is 18.2 Å². The summed E-state index contributed by atoms with van der Waals surface area (Å²) in [4.78, 5) is 3.21. The van der Waals surface area contributed by atoms with Gasteiger partial charge < -0.3 is 14.3 Å². The number of nitrogens with zero attached hydrogens (tertiary/aromatic N) is 1. The summed E-state index contributed by atoms with van der Waals surface area (Å²) in [6, 6.07) is 5.84. The molecule has 2 aromatic rings. The summed E-state index contributed by atoms with van der Waals surface area (Å²) in [7, 11) is 0. The van der Waals surface area contributed by atoms with Crippen LogP contribution in [-0.4, -0.2) is 22.3 Å². The first-order valence-corrected chi connectivity index (χ1v) is 7.53. The van der Waals surface area contributed by atoms with Crippen LogP contribution in [0.1, 0.15) is 25.7 Å². The lowest BCUT2D eigenvalue weighted by Crippen LogP contribution is -2.20. The van der Waals surface area contributed by atoms with Gasteiger partial charge in [-0.25, -0.2) is 0 Å². The number of aromatic nitrogens is 2. The number of imidazole rings is 1. The van der Waals surface area contributed by atoms with Crippen LogP contribution in [0.2, 0.25) is 5.02 Å². The zero-order valence-corrected chi connectivity index (χ0v) is 12.3. The van der Waals surface area contributed by atoms with Gasteiger partial charge in [0.25, 0.3) is 0 Å². The van der Waals surface area contributed by atoms with Crippen molar-refractivity contribution >= 4 is 34.9 Å². The average Bonchev–Trinajstić information content (AvgIpc) is 2.75. The highest BCUT2D eigenvalue weighted by atomic mass is 35.5. The van der Waals surface area contributed by atoms with E-state index in [1.54, 1.807) is 0 Å². The summed E-state index contributed by atoms with van der Waals surface area (Å²) < 4.78 is 8.59. The number of para-hydroxylation sites is 1. The standard InChI is InChI=1S/C14H17ClN2OS/c15-11-5-3-6-12-13(11)17(14(19)16-12)8-7-10-4-1-2-9-18-10/h3,5-6,10H,1-2,4,7-9H2,(H,16,19). The molecular weight excluding hydrogens is 280 g/mol. The highest BCUT2D eigenvalue weighted by Gasteiger charge is 2.15. The highest BCUT2D eigenvalue weighted by molar-refractivity contribution is 7.71. The third kappa shape index (κ3) is 2.71. The molecule has 1 unspecified atom stereocenters. The number of ether oxygens (including phenoxy) is 1. The third-order valence-electron chi connectivity index (χ3n) is 3.69. The second kappa shape index (κ2) is 5.65. The van der Waals surface area contributed by atoms with Crippen molar-refractivity contribution in [3.63, 3.8) is 0 Å². The Morgan fingerprint density at radius 3 is 3.11 bits per heavy atom. The molecular formula is C14H17ClN2OS. The molecule has 0 spiro atoms. The fourth-order valence-electron chi connectivity index (χ4n) is 2.70. The van der Waals surface area contributed by atoms with E-state index >= 15 is 0 Å². The van der Waals surface area contributed by atoms with Crippen LogP contribution < -0.4 is 0 Å². The van der Waals surface area contributed by atoms with Gasteiger partial charge in [-0.3, -0.25) is 0 Å². The van der Waals surface area contributed by atoms with Crippen molar-refractivity contribution in [2.45, 2.75) is 38.3 Å². The number of aromatic amines is 1. The molecule has 1 N–H and O–H groups in total. The van der Waals surface area contributed by atoms with Crippen molar-refractivity contribution in [3.05, 3.63) is 28.0 Å². The molecule has 0 aliphatic carbocycles. The molecule has 3 rings (SSSR count). The molecule has 19 heavy (non-hydrogen) atoms. The van der Waals surface area contributed by atoms with Gasteiger partial charge in [0.05, 0.1) is 22.2 Å². The molecule has 5 heteroatoms. The number of fused-ring (bicyclic) bond motifs is 1. The third-order valence-corrected chi connectivity index (χ3v) is 4.32. The Hall–Kier alpha value is -0.840. The van der Waals surface area contributed by atoms with E-state index in [0.29, 0.717) is 6.10 Å². The number of aryl methyl sites for hydroxylation is 1. The number of rotatable bonds is 3. The molecule has 1 fully saturated rings. The Morgan fingerprint density at radius 1 is 1.42 bits per heavy atom. The first kappa shape index (κ1) is 13.2. The Bertz CT molecular complexity index is 628. The first-order valence-electron chi connectivity index (χ1n) is 6.74. The van der Waals surface area contributed by atoms with E-state index < -0.39 is 0 Å². The van der Waals surface area contributed by atoms with Crippen molar-refractivity contribution in [3.8, 4) is 0 Å². The topological polar surface area (TPSA) is 29.9 Å². The van der Waals surface area contributed by atoms with E-state index in [1.807, 2.05) is 18.2 Å². The molecule has 1 aliphatic heterocycles. The van der Waals surface area contributed by atoms with Crippen molar-refractivity contribution in [2.24, 2.45) is 0 Å². The van der Waals surface area contributed by atoms with Crippen LogP contribution in [0, 0.1) is 4.77 Å². The smallest absolute Gasteiger partial charge is 0.178 e. The number of hydrogen-bond acceptors (Lipinski definition) is 2. The van der Waals surface area contributed by atoms with E-state index in [0.717, 1.165) is 46.8 Å². The molecule has 1 saturated heterocycles. The molecule has 1 aromatic heterocycles. The van der Waals surface area contributed by atoms with E-state index in [9.17, 15) is 0 Å². The van der Waals surface area contributed by atoms with Crippen LogP contribution in [0.4, 0.5) is 0 Å². The number of halogens is 1. The van der Waals surface area contributed by atoms with Gasteiger partial charge in [0.1, 0.15) is 0 Å². The molecule has 3 nitrogen and oxygen atoms in total. The highest BCUT2D eigenvalue weighted by Crippen LogP contribution is 2.24. The fourth-order valence-corrected chi connectivity index (χ4v) is 3.27. The summed E-state index contributed by atoms with van der Waals surface area (Å²) in [6.45, 7) is 1.75. The van der Waals surface area contributed by atoms with E-state index in [1.165, 1.54) is 12.8 Å². The summed E-state index contributed by atoms with van der Waals surface area (Å²) in [6.07, 6.45) is 4.97. The second-order valence-electron chi connectivity index (χ2n) is 5.00. The quantitative estimate of drug-likeness (QED) is 0.855. The number of H-pyrrole nitrogens is 1. The van der Waals surface area contributed by atoms with Gasteiger partial charge in [0.2, 0.25) is 0 Å². The predicted molar refractivity (Wildman–Crippen MR) is 80.3 cm³/mol. The predicted octanol–water partition coefficient (Wildman–Crippen LogP) is 4.31. The summed E-state index contributed by atoms with van der Waals surface area (Å²) in [5.74, 6) is 0. The molecule has 0 saturated carbocycles. The van der Waals surface area contributed by atoms with Gasteiger partial charge >= 0.3 is 0 Å². The lowest BCUT2D eigenvalue weighted by Gasteiger charge is -2.22.